The number of carbonyl (C=O) groups is 1. The Labute approximate surface area is 135 Å². The van der Waals surface area contributed by atoms with Gasteiger partial charge in [0.05, 0.1) is 11.7 Å². The van der Waals surface area contributed by atoms with Crippen LogP contribution in [0.1, 0.15) is 22.0 Å². The highest BCUT2D eigenvalue weighted by atomic mass is 32.1. The largest absolute Gasteiger partial charge is 0.435 e. The number of pyridine rings is 1. The van der Waals surface area contributed by atoms with Gasteiger partial charge in [0.1, 0.15) is 10.4 Å². The highest BCUT2D eigenvalue weighted by molar-refractivity contribution is 7.71. The van der Waals surface area contributed by atoms with Crippen LogP contribution in [-0.4, -0.2) is 29.2 Å². The molecule has 1 atom stereocenters. The lowest BCUT2D eigenvalue weighted by atomic mass is 10.1. The zero-order valence-corrected chi connectivity index (χ0v) is 12.6. The van der Waals surface area contributed by atoms with Gasteiger partial charge in [-0.15, -0.1) is 0 Å². The van der Waals surface area contributed by atoms with Crippen LogP contribution in [0.5, 0.6) is 5.75 Å². The fraction of sp³-hybridized carbons (Fsp3) is 0.200. The number of rotatable bonds is 6. The maximum Gasteiger partial charge on any atom is 0.387 e. The number of carbonyl (C=O) groups excluding carboxylic acids is 1. The summed E-state index contributed by atoms with van der Waals surface area (Å²) in [6.45, 7) is -3.04. The molecule has 8 heteroatoms. The number of ether oxygens (including phenoxy) is 1. The van der Waals surface area contributed by atoms with E-state index in [-0.39, 0.29) is 22.5 Å². The highest BCUT2D eigenvalue weighted by Gasteiger charge is 2.13. The molecule has 0 aliphatic heterocycles. The normalized spacial score (nSPS) is 12.0. The molecule has 23 heavy (non-hydrogen) atoms. The first-order valence-corrected chi connectivity index (χ1v) is 7.07. The number of benzene rings is 1. The first kappa shape index (κ1) is 17.0. The summed E-state index contributed by atoms with van der Waals surface area (Å²) in [5.74, 6) is -0.501. The second-order valence-electron chi connectivity index (χ2n) is 4.59. The number of H-pyrrole nitrogens is 1. The lowest BCUT2D eigenvalue weighted by molar-refractivity contribution is -0.0499. The van der Waals surface area contributed by atoms with Gasteiger partial charge in [0.15, 0.2) is 0 Å². The zero-order chi connectivity index (χ0) is 16.8. The summed E-state index contributed by atoms with van der Waals surface area (Å²) in [5, 5.41) is 12.6. The molecule has 2 aromatic rings. The van der Waals surface area contributed by atoms with E-state index in [4.69, 9.17) is 12.2 Å². The molecule has 1 heterocycles. The van der Waals surface area contributed by atoms with Crippen molar-refractivity contribution >= 4 is 18.1 Å². The summed E-state index contributed by atoms with van der Waals surface area (Å²) < 4.78 is 28.9. The van der Waals surface area contributed by atoms with E-state index in [1.807, 2.05) is 0 Å². The predicted octanol–water partition coefficient (Wildman–Crippen LogP) is 2.81. The van der Waals surface area contributed by atoms with Crippen LogP contribution >= 0.6 is 12.2 Å². The van der Waals surface area contributed by atoms with Gasteiger partial charge in [-0.05, 0) is 29.8 Å². The van der Waals surface area contributed by atoms with E-state index in [0.29, 0.717) is 5.56 Å². The van der Waals surface area contributed by atoms with E-state index in [1.165, 1.54) is 18.2 Å². The molecule has 0 saturated carbocycles. The smallest absolute Gasteiger partial charge is 0.387 e. The summed E-state index contributed by atoms with van der Waals surface area (Å²) >= 11 is 4.99. The molecule has 3 N–H and O–H groups in total. The van der Waals surface area contributed by atoms with Crippen molar-refractivity contribution in [2.45, 2.75) is 12.7 Å². The van der Waals surface area contributed by atoms with Crippen molar-refractivity contribution in [3.8, 4) is 5.75 Å². The Morgan fingerprint density at radius 3 is 2.83 bits per heavy atom. The monoisotopic (exact) mass is 340 g/mol. The first-order chi connectivity index (χ1) is 11.0. The van der Waals surface area contributed by atoms with Crippen molar-refractivity contribution < 1.29 is 23.4 Å². The van der Waals surface area contributed by atoms with Gasteiger partial charge in [-0.2, -0.15) is 8.78 Å². The quantitative estimate of drug-likeness (QED) is 0.707. The Hall–Kier alpha value is -2.32. The molecule has 0 aliphatic rings. The third kappa shape index (κ3) is 4.83. The molecular weight excluding hydrogens is 326 g/mol. The number of aliphatic hydroxyl groups is 1. The number of amides is 1. The maximum atomic E-state index is 12.2. The first-order valence-electron chi connectivity index (χ1n) is 6.66. The second-order valence-corrected chi connectivity index (χ2v) is 5.00. The van der Waals surface area contributed by atoms with Gasteiger partial charge in [0.25, 0.3) is 5.91 Å². The van der Waals surface area contributed by atoms with Crippen LogP contribution in [0, 0.1) is 4.64 Å². The molecule has 2 rings (SSSR count). The molecule has 0 unspecified atom stereocenters. The molecule has 0 radical (unpaired) electrons. The van der Waals surface area contributed by atoms with Crippen molar-refractivity contribution in [1.29, 1.82) is 0 Å². The topological polar surface area (TPSA) is 74.3 Å². The average Bonchev–Trinajstić information content (AvgIpc) is 2.52. The van der Waals surface area contributed by atoms with Crippen LogP contribution in [0.2, 0.25) is 0 Å². The van der Waals surface area contributed by atoms with Crippen LogP contribution in [0.15, 0.2) is 42.6 Å². The van der Waals surface area contributed by atoms with E-state index >= 15 is 0 Å². The lowest BCUT2D eigenvalue weighted by Gasteiger charge is -2.13. The fourth-order valence-electron chi connectivity index (χ4n) is 1.90. The van der Waals surface area contributed by atoms with Crippen molar-refractivity contribution in [3.63, 3.8) is 0 Å². The van der Waals surface area contributed by atoms with Crippen LogP contribution in [0.4, 0.5) is 8.78 Å². The van der Waals surface area contributed by atoms with E-state index in [9.17, 15) is 18.7 Å². The molecule has 0 fully saturated rings. The minimum atomic E-state index is -2.94. The van der Waals surface area contributed by atoms with Gasteiger partial charge >= 0.3 is 6.61 Å². The lowest BCUT2D eigenvalue weighted by Crippen LogP contribution is -2.28. The SMILES string of the molecule is O=C(NC[C@H](O)c1cccc(OC(F)F)c1)c1ccc[nH]c1=S. The number of aromatic amines is 1. The maximum absolute atomic E-state index is 12.2. The number of hydrogen-bond donors (Lipinski definition) is 3. The Bertz CT molecular complexity index is 736. The van der Waals surface area contributed by atoms with Crippen molar-refractivity contribution in [2.24, 2.45) is 0 Å². The molecule has 5 nitrogen and oxygen atoms in total. The number of nitrogens with one attached hydrogen (secondary N) is 2. The minimum Gasteiger partial charge on any atom is -0.435 e. The summed E-state index contributed by atoms with van der Waals surface area (Å²) in [4.78, 5) is 14.7. The molecule has 122 valence electrons. The van der Waals surface area contributed by atoms with Gasteiger partial charge in [-0.1, -0.05) is 24.4 Å². The van der Waals surface area contributed by atoms with Gasteiger partial charge < -0.3 is 20.1 Å². The van der Waals surface area contributed by atoms with E-state index in [0.717, 1.165) is 0 Å². The molecule has 1 aromatic carbocycles. The van der Waals surface area contributed by atoms with E-state index < -0.39 is 18.6 Å². The number of hydrogen-bond acceptors (Lipinski definition) is 4. The standard InChI is InChI=1S/C15H14F2N2O3S/c16-15(17)22-10-4-1-3-9(7-10)12(20)8-19-13(21)11-5-2-6-18-14(11)23/h1-7,12,15,20H,8H2,(H,18,23)(H,19,21)/t12-/m0/s1. The third-order valence-corrected chi connectivity index (χ3v) is 3.32. The van der Waals surface area contributed by atoms with Crippen molar-refractivity contribution in [2.75, 3.05) is 6.54 Å². The van der Waals surface area contributed by atoms with Crippen molar-refractivity contribution in [1.82, 2.24) is 10.3 Å². The van der Waals surface area contributed by atoms with Crippen LogP contribution in [-0.2, 0) is 0 Å². The molecule has 0 spiro atoms. The Morgan fingerprint density at radius 1 is 1.35 bits per heavy atom. The van der Waals surface area contributed by atoms with Crippen LogP contribution in [0.25, 0.3) is 0 Å². The Balaban J connectivity index is 1.99. The molecule has 1 aromatic heterocycles. The van der Waals surface area contributed by atoms with Crippen molar-refractivity contribution in [3.05, 3.63) is 58.4 Å². The number of alkyl halides is 2. The number of halogens is 2. The minimum absolute atomic E-state index is 0.0617. The Kier molecular flexibility index (Phi) is 5.78. The van der Waals surface area contributed by atoms with Crippen LogP contribution < -0.4 is 10.1 Å². The van der Waals surface area contributed by atoms with Crippen LogP contribution in [0.3, 0.4) is 0 Å². The van der Waals surface area contributed by atoms with Gasteiger partial charge in [0.2, 0.25) is 0 Å². The average molecular weight is 340 g/mol. The highest BCUT2D eigenvalue weighted by Crippen LogP contribution is 2.20. The van der Waals surface area contributed by atoms with Gasteiger partial charge in [0, 0.05) is 12.7 Å². The molecule has 0 aliphatic carbocycles. The molecule has 0 bridgehead atoms. The van der Waals surface area contributed by atoms with E-state index in [2.05, 4.69) is 15.0 Å². The predicted molar refractivity (Wildman–Crippen MR) is 82.0 cm³/mol. The van der Waals surface area contributed by atoms with Gasteiger partial charge in [-0.25, -0.2) is 0 Å². The van der Waals surface area contributed by atoms with E-state index in [1.54, 1.807) is 24.4 Å². The summed E-state index contributed by atoms with van der Waals surface area (Å²) in [6, 6.07) is 8.85. The summed E-state index contributed by atoms with van der Waals surface area (Å²) in [7, 11) is 0. The molecular formula is C15H14F2N2O3S. The summed E-state index contributed by atoms with van der Waals surface area (Å²) in [6.07, 6.45) is 0.532. The summed E-state index contributed by atoms with van der Waals surface area (Å²) in [5.41, 5.74) is 0.631. The number of aromatic nitrogens is 1. The number of aliphatic hydroxyl groups excluding tert-OH is 1. The molecule has 0 saturated heterocycles. The molecule has 1 amide bonds. The fourth-order valence-corrected chi connectivity index (χ4v) is 2.13. The third-order valence-electron chi connectivity index (χ3n) is 2.99. The zero-order valence-electron chi connectivity index (χ0n) is 11.8. The van der Waals surface area contributed by atoms with Gasteiger partial charge in [-0.3, -0.25) is 4.79 Å². The second kappa shape index (κ2) is 7.80. The Morgan fingerprint density at radius 2 is 2.13 bits per heavy atom.